The molecule has 6 nitrogen and oxygen atoms in total. The van der Waals surface area contributed by atoms with E-state index in [1.54, 1.807) is 4.90 Å². The quantitative estimate of drug-likeness (QED) is 0.864. The second kappa shape index (κ2) is 7.10. The highest BCUT2D eigenvalue weighted by molar-refractivity contribution is 5.78. The van der Waals surface area contributed by atoms with Crippen molar-refractivity contribution in [2.45, 2.75) is 25.1 Å². The van der Waals surface area contributed by atoms with Crippen molar-refractivity contribution in [1.29, 1.82) is 0 Å². The topological polar surface area (TPSA) is 61.9 Å². The number of hydrogen-bond donors (Lipinski definition) is 1. The molecule has 0 aliphatic carbocycles. The summed E-state index contributed by atoms with van der Waals surface area (Å²) in [7, 11) is 1.83. The highest BCUT2D eigenvalue weighted by Crippen LogP contribution is 2.21. The van der Waals surface area contributed by atoms with Gasteiger partial charge in [-0.3, -0.25) is 14.5 Å². The van der Waals surface area contributed by atoms with E-state index in [0.717, 1.165) is 5.56 Å². The molecule has 2 saturated heterocycles. The number of carbonyl (C=O) groups is 2. The SMILES string of the molecule is CN1C(=O)CCO[C@H]2CN(CC(=O)NCc3ccccc3)C[C@@H]21. The first kappa shape index (κ1) is 16.0. The molecule has 2 heterocycles. The van der Waals surface area contributed by atoms with Crippen molar-refractivity contribution < 1.29 is 14.3 Å². The van der Waals surface area contributed by atoms with Crippen molar-refractivity contribution in [2.75, 3.05) is 33.3 Å². The molecule has 3 rings (SSSR count). The first-order valence-corrected chi connectivity index (χ1v) is 8.04. The summed E-state index contributed by atoms with van der Waals surface area (Å²) in [5, 5.41) is 2.94. The number of nitrogens with zero attached hydrogens (tertiary/aromatic N) is 2. The molecular weight excluding hydrogens is 294 g/mol. The van der Waals surface area contributed by atoms with Crippen LogP contribution in [0.3, 0.4) is 0 Å². The molecule has 0 spiro atoms. The average Bonchev–Trinajstić information content (AvgIpc) is 2.90. The molecule has 23 heavy (non-hydrogen) atoms. The van der Waals surface area contributed by atoms with Crippen LogP contribution in [0.2, 0.25) is 0 Å². The summed E-state index contributed by atoms with van der Waals surface area (Å²) in [6, 6.07) is 9.90. The summed E-state index contributed by atoms with van der Waals surface area (Å²) >= 11 is 0. The molecule has 2 fully saturated rings. The van der Waals surface area contributed by atoms with Crippen LogP contribution in [0, 0.1) is 0 Å². The van der Waals surface area contributed by atoms with Crippen molar-refractivity contribution >= 4 is 11.8 Å². The standard InChI is InChI=1S/C17H23N3O3/c1-19-14-10-20(11-15(14)23-8-7-17(19)22)12-16(21)18-9-13-5-3-2-4-6-13/h2-6,14-15H,7-12H2,1H3,(H,18,21)/t14-,15-/m0/s1. The van der Waals surface area contributed by atoms with Crippen LogP contribution in [0.15, 0.2) is 30.3 Å². The second-order valence-electron chi connectivity index (χ2n) is 6.19. The van der Waals surface area contributed by atoms with E-state index < -0.39 is 0 Å². The molecule has 0 saturated carbocycles. The van der Waals surface area contributed by atoms with Crippen LogP contribution in [0.25, 0.3) is 0 Å². The van der Waals surface area contributed by atoms with Gasteiger partial charge in [-0.15, -0.1) is 0 Å². The van der Waals surface area contributed by atoms with Crippen LogP contribution < -0.4 is 5.32 Å². The zero-order chi connectivity index (χ0) is 16.2. The van der Waals surface area contributed by atoms with Crippen LogP contribution >= 0.6 is 0 Å². The number of carbonyl (C=O) groups excluding carboxylic acids is 2. The molecule has 1 N–H and O–H groups in total. The lowest BCUT2D eigenvalue weighted by molar-refractivity contribution is -0.131. The van der Waals surface area contributed by atoms with Gasteiger partial charge in [0.05, 0.1) is 31.7 Å². The van der Waals surface area contributed by atoms with Gasteiger partial charge in [-0.25, -0.2) is 0 Å². The van der Waals surface area contributed by atoms with Gasteiger partial charge in [0.15, 0.2) is 0 Å². The van der Waals surface area contributed by atoms with Crippen molar-refractivity contribution in [3.63, 3.8) is 0 Å². The van der Waals surface area contributed by atoms with Gasteiger partial charge in [-0.1, -0.05) is 30.3 Å². The van der Waals surface area contributed by atoms with Crippen LogP contribution in [-0.4, -0.2) is 67.0 Å². The van der Waals surface area contributed by atoms with E-state index in [-0.39, 0.29) is 24.0 Å². The third-order valence-corrected chi connectivity index (χ3v) is 4.55. The van der Waals surface area contributed by atoms with Crippen molar-refractivity contribution in [3.05, 3.63) is 35.9 Å². The smallest absolute Gasteiger partial charge is 0.234 e. The maximum atomic E-state index is 12.1. The molecule has 1 aromatic rings. The average molecular weight is 317 g/mol. The zero-order valence-electron chi connectivity index (χ0n) is 13.4. The summed E-state index contributed by atoms with van der Waals surface area (Å²) in [6.45, 7) is 2.73. The molecule has 2 aliphatic heterocycles. The van der Waals surface area contributed by atoms with E-state index in [2.05, 4.69) is 10.2 Å². The Kier molecular flexibility index (Phi) is 4.93. The lowest BCUT2D eigenvalue weighted by Gasteiger charge is -2.25. The molecule has 0 unspecified atom stereocenters. The maximum absolute atomic E-state index is 12.1. The molecule has 0 radical (unpaired) electrons. The van der Waals surface area contributed by atoms with E-state index in [4.69, 9.17) is 4.74 Å². The fourth-order valence-corrected chi connectivity index (χ4v) is 3.21. The number of likely N-dealkylation sites (N-methyl/N-ethyl adjacent to an activating group) is 1. The van der Waals surface area contributed by atoms with Gasteiger partial charge in [0.25, 0.3) is 0 Å². The van der Waals surface area contributed by atoms with Crippen LogP contribution in [0.1, 0.15) is 12.0 Å². The van der Waals surface area contributed by atoms with Gasteiger partial charge >= 0.3 is 0 Å². The van der Waals surface area contributed by atoms with Gasteiger partial charge in [-0.05, 0) is 5.56 Å². The lowest BCUT2D eigenvalue weighted by Crippen LogP contribution is -2.43. The Hall–Kier alpha value is -1.92. The normalized spacial score (nSPS) is 25.1. The van der Waals surface area contributed by atoms with Crippen LogP contribution in [0.5, 0.6) is 0 Å². The van der Waals surface area contributed by atoms with E-state index in [1.165, 1.54) is 0 Å². The Morgan fingerprint density at radius 1 is 1.30 bits per heavy atom. The number of amides is 2. The summed E-state index contributed by atoms with van der Waals surface area (Å²) in [4.78, 5) is 27.8. The molecule has 124 valence electrons. The number of ether oxygens (including phenoxy) is 1. The van der Waals surface area contributed by atoms with E-state index in [9.17, 15) is 9.59 Å². The molecule has 1 aromatic carbocycles. The predicted molar refractivity (Wildman–Crippen MR) is 85.6 cm³/mol. The molecule has 0 aromatic heterocycles. The Bertz CT molecular complexity index is 563. The minimum Gasteiger partial charge on any atom is -0.374 e. The van der Waals surface area contributed by atoms with E-state index in [0.29, 0.717) is 39.2 Å². The first-order chi connectivity index (χ1) is 11.1. The summed E-state index contributed by atoms with van der Waals surface area (Å²) in [5.74, 6) is 0.118. The summed E-state index contributed by atoms with van der Waals surface area (Å²) in [5.41, 5.74) is 1.08. The van der Waals surface area contributed by atoms with Crippen molar-refractivity contribution in [2.24, 2.45) is 0 Å². The Labute approximate surface area is 136 Å². The highest BCUT2D eigenvalue weighted by atomic mass is 16.5. The minimum atomic E-state index is -0.000655. The Morgan fingerprint density at radius 2 is 2.09 bits per heavy atom. The van der Waals surface area contributed by atoms with Crippen molar-refractivity contribution in [3.8, 4) is 0 Å². The van der Waals surface area contributed by atoms with Gasteiger partial charge in [0.2, 0.25) is 11.8 Å². The number of likely N-dealkylation sites (tertiary alicyclic amines) is 1. The summed E-state index contributed by atoms with van der Waals surface area (Å²) < 4.78 is 5.77. The van der Waals surface area contributed by atoms with Crippen molar-refractivity contribution in [1.82, 2.24) is 15.1 Å². The monoisotopic (exact) mass is 317 g/mol. The Balaban J connectivity index is 1.49. The Morgan fingerprint density at radius 3 is 2.87 bits per heavy atom. The van der Waals surface area contributed by atoms with E-state index >= 15 is 0 Å². The third kappa shape index (κ3) is 3.89. The fraction of sp³-hybridized carbons (Fsp3) is 0.529. The second-order valence-corrected chi connectivity index (χ2v) is 6.19. The van der Waals surface area contributed by atoms with E-state index in [1.807, 2.05) is 37.4 Å². The molecule has 2 amide bonds. The number of hydrogen-bond acceptors (Lipinski definition) is 4. The minimum absolute atomic E-state index is 0.000655. The number of fused-ring (bicyclic) bond motifs is 1. The van der Waals surface area contributed by atoms with Crippen LogP contribution in [0.4, 0.5) is 0 Å². The van der Waals surface area contributed by atoms with Gasteiger partial charge in [0, 0.05) is 26.7 Å². The fourth-order valence-electron chi connectivity index (χ4n) is 3.21. The molecule has 0 bridgehead atoms. The third-order valence-electron chi connectivity index (χ3n) is 4.55. The molecule has 6 heteroatoms. The van der Waals surface area contributed by atoms with Crippen LogP contribution in [-0.2, 0) is 20.9 Å². The maximum Gasteiger partial charge on any atom is 0.234 e. The van der Waals surface area contributed by atoms with Gasteiger partial charge < -0.3 is 15.0 Å². The highest BCUT2D eigenvalue weighted by Gasteiger charge is 2.40. The molecular formula is C17H23N3O3. The number of nitrogens with one attached hydrogen (secondary N) is 1. The van der Waals surface area contributed by atoms with Gasteiger partial charge in [0.1, 0.15) is 0 Å². The number of benzene rings is 1. The number of rotatable bonds is 4. The van der Waals surface area contributed by atoms with Gasteiger partial charge in [-0.2, -0.15) is 0 Å². The first-order valence-electron chi connectivity index (χ1n) is 8.04. The molecule has 2 aliphatic rings. The lowest BCUT2D eigenvalue weighted by atomic mass is 10.2. The summed E-state index contributed by atoms with van der Waals surface area (Å²) in [6.07, 6.45) is 0.453. The molecule has 2 atom stereocenters. The predicted octanol–water partition coefficient (Wildman–Crippen LogP) is 0.234. The largest absolute Gasteiger partial charge is 0.374 e. The zero-order valence-corrected chi connectivity index (χ0v) is 13.4.